The molecule has 2 aliphatic rings. The van der Waals surface area contributed by atoms with Crippen molar-refractivity contribution in [2.45, 2.75) is 38.1 Å². The highest BCUT2D eigenvalue weighted by Gasteiger charge is 2.30. The second kappa shape index (κ2) is 8.09. The van der Waals surface area contributed by atoms with Crippen LogP contribution in [0.5, 0.6) is 0 Å². The fraction of sp³-hybridized carbons (Fsp3) is 0.684. The molecule has 0 aromatic heterocycles. The van der Waals surface area contributed by atoms with Crippen LogP contribution >= 0.6 is 0 Å². The molecule has 3 heteroatoms. The van der Waals surface area contributed by atoms with E-state index in [9.17, 15) is 5.11 Å². The van der Waals surface area contributed by atoms with Gasteiger partial charge in [0.15, 0.2) is 0 Å². The molecule has 1 aromatic rings. The molecule has 22 heavy (non-hydrogen) atoms. The van der Waals surface area contributed by atoms with E-state index in [1.165, 1.54) is 44.5 Å². The van der Waals surface area contributed by atoms with Crippen molar-refractivity contribution in [1.29, 1.82) is 0 Å². The van der Waals surface area contributed by atoms with Crippen molar-refractivity contribution in [3.05, 3.63) is 35.9 Å². The van der Waals surface area contributed by atoms with Crippen LogP contribution in [0.2, 0.25) is 0 Å². The zero-order valence-electron chi connectivity index (χ0n) is 13.7. The zero-order valence-corrected chi connectivity index (χ0v) is 13.7. The fourth-order valence-electron chi connectivity index (χ4n) is 3.64. The molecule has 0 amide bonds. The first-order valence-corrected chi connectivity index (χ1v) is 8.96. The van der Waals surface area contributed by atoms with Crippen LogP contribution in [0.1, 0.15) is 31.2 Å². The second-order valence-corrected chi connectivity index (χ2v) is 6.99. The molecule has 1 saturated carbocycles. The maximum Gasteiger partial charge on any atom is 0.0446 e. The van der Waals surface area contributed by atoms with Crippen LogP contribution in [0, 0.1) is 5.92 Å². The van der Waals surface area contributed by atoms with E-state index in [2.05, 4.69) is 40.1 Å². The number of rotatable bonds is 8. The van der Waals surface area contributed by atoms with Crippen molar-refractivity contribution in [2.24, 2.45) is 5.92 Å². The summed E-state index contributed by atoms with van der Waals surface area (Å²) in [6.07, 6.45) is 6.17. The van der Waals surface area contributed by atoms with E-state index < -0.39 is 0 Å². The van der Waals surface area contributed by atoms with Crippen molar-refractivity contribution in [3.8, 4) is 0 Å². The van der Waals surface area contributed by atoms with Crippen LogP contribution in [-0.2, 0) is 6.42 Å². The standard InChI is InChI=1S/C19H30N2O/c22-14-10-19-16-20(15-18-8-9-18)12-13-21(19)11-4-7-17-5-2-1-3-6-17/h1-3,5-6,18-19,22H,4,7-16H2. The van der Waals surface area contributed by atoms with Gasteiger partial charge in [-0.25, -0.2) is 0 Å². The molecule has 1 atom stereocenters. The van der Waals surface area contributed by atoms with E-state index in [0.29, 0.717) is 12.6 Å². The molecule has 0 spiro atoms. The number of benzene rings is 1. The molecule has 3 rings (SSSR count). The summed E-state index contributed by atoms with van der Waals surface area (Å²) < 4.78 is 0. The molecular formula is C19H30N2O. The second-order valence-electron chi connectivity index (χ2n) is 6.99. The Morgan fingerprint density at radius 2 is 1.91 bits per heavy atom. The van der Waals surface area contributed by atoms with Crippen LogP contribution in [0.4, 0.5) is 0 Å². The highest BCUT2D eigenvalue weighted by atomic mass is 16.3. The van der Waals surface area contributed by atoms with Gasteiger partial charge in [-0.15, -0.1) is 0 Å². The monoisotopic (exact) mass is 302 g/mol. The first kappa shape index (κ1) is 16.0. The molecule has 1 aromatic carbocycles. The van der Waals surface area contributed by atoms with Crippen LogP contribution in [-0.4, -0.2) is 60.3 Å². The Hall–Kier alpha value is -0.900. The van der Waals surface area contributed by atoms with Crippen molar-refractivity contribution in [2.75, 3.05) is 39.3 Å². The van der Waals surface area contributed by atoms with Gasteiger partial charge in [-0.2, -0.15) is 0 Å². The largest absolute Gasteiger partial charge is 0.396 e. The summed E-state index contributed by atoms with van der Waals surface area (Å²) in [5.41, 5.74) is 1.44. The van der Waals surface area contributed by atoms with Gasteiger partial charge < -0.3 is 10.0 Å². The Balaban J connectivity index is 1.44. The molecule has 122 valence electrons. The molecule has 1 aliphatic heterocycles. The Kier molecular flexibility index (Phi) is 5.88. The summed E-state index contributed by atoms with van der Waals surface area (Å²) in [4.78, 5) is 5.24. The van der Waals surface area contributed by atoms with E-state index in [1.54, 1.807) is 0 Å². The van der Waals surface area contributed by atoms with Crippen molar-refractivity contribution in [1.82, 2.24) is 9.80 Å². The van der Waals surface area contributed by atoms with E-state index >= 15 is 0 Å². The van der Waals surface area contributed by atoms with Gasteiger partial charge in [0, 0.05) is 38.8 Å². The summed E-state index contributed by atoms with van der Waals surface area (Å²) in [5, 5.41) is 9.38. The average Bonchev–Trinajstić information content (AvgIpc) is 3.35. The molecule has 1 saturated heterocycles. The third-order valence-corrected chi connectivity index (χ3v) is 5.12. The van der Waals surface area contributed by atoms with E-state index in [1.807, 2.05) is 0 Å². The van der Waals surface area contributed by atoms with E-state index in [4.69, 9.17) is 0 Å². The van der Waals surface area contributed by atoms with Crippen LogP contribution < -0.4 is 0 Å². The highest BCUT2D eigenvalue weighted by molar-refractivity contribution is 5.14. The summed E-state index contributed by atoms with van der Waals surface area (Å²) in [7, 11) is 0. The lowest BCUT2D eigenvalue weighted by Gasteiger charge is -2.41. The minimum Gasteiger partial charge on any atom is -0.396 e. The topological polar surface area (TPSA) is 26.7 Å². The smallest absolute Gasteiger partial charge is 0.0446 e. The Morgan fingerprint density at radius 1 is 1.09 bits per heavy atom. The predicted molar refractivity (Wildman–Crippen MR) is 91.0 cm³/mol. The summed E-state index contributed by atoms with van der Waals surface area (Å²) in [6, 6.07) is 11.3. The molecule has 3 nitrogen and oxygen atoms in total. The normalized spacial score (nSPS) is 23.8. The lowest BCUT2D eigenvalue weighted by molar-refractivity contribution is 0.0562. The number of hydrogen-bond donors (Lipinski definition) is 1. The van der Waals surface area contributed by atoms with Gasteiger partial charge in [-0.3, -0.25) is 4.90 Å². The quantitative estimate of drug-likeness (QED) is 0.799. The number of nitrogens with zero attached hydrogens (tertiary/aromatic N) is 2. The average molecular weight is 302 g/mol. The Morgan fingerprint density at radius 3 is 2.64 bits per heavy atom. The lowest BCUT2D eigenvalue weighted by Crippen LogP contribution is -2.54. The molecular weight excluding hydrogens is 272 g/mol. The van der Waals surface area contributed by atoms with E-state index in [0.717, 1.165) is 31.8 Å². The van der Waals surface area contributed by atoms with Gasteiger partial charge in [0.2, 0.25) is 0 Å². The van der Waals surface area contributed by atoms with E-state index in [-0.39, 0.29) is 0 Å². The van der Waals surface area contributed by atoms with Gasteiger partial charge >= 0.3 is 0 Å². The zero-order chi connectivity index (χ0) is 15.2. The van der Waals surface area contributed by atoms with Crippen molar-refractivity contribution in [3.63, 3.8) is 0 Å². The SMILES string of the molecule is OCCC1CN(CC2CC2)CCN1CCCc1ccccc1. The van der Waals surface area contributed by atoms with Gasteiger partial charge in [0.05, 0.1) is 0 Å². The van der Waals surface area contributed by atoms with Gasteiger partial charge in [-0.1, -0.05) is 30.3 Å². The molecule has 0 bridgehead atoms. The predicted octanol–water partition coefficient (Wildman–Crippen LogP) is 2.40. The first-order valence-electron chi connectivity index (χ1n) is 8.96. The first-order chi connectivity index (χ1) is 10.8. The summed E-state index contributed by atoms with van der Waals surface area (Å²) in [5.74, 6) is 0.972. The fourth-order valence-corrected chi connectivity index (χ4v) is 3.64. The summed E-state index contributed by atoms with van der Waals surface area (Å²) >= 11 is 0. The minimum atomic E-state index is 0.317. The number of aliphatic hydroxyl groups excluding tert-OH is 1. The molecule has 2 fully saturated rings. The summed E-state index contributed by atoms with van der Waals surface area (Å²) in [6.45, 7) is 6.31. The van der Waals surface area contributed by atoms with Crippen LogP contribution in [0.25, 0.3) is 0 Å². The molecule has 0 radical (unpaired) electrons. The van der Waals surface area contributed by atoms with Crippen molar-refractivity contribution >= 4 is 0 Å². The van der Waals surface area contributed by atoms with Crippen molar-refractivity contribution < 1.29 is 5.11 Å². The molecule has 1 heterocycles. The molecule has 1 unspecified atom stereocenters. The molecule has 1 aliphatic carbocycles. The van der Waals surface area contributed by atoms with Gasteiger partial charge in [-0.05, 0) is 50.1 Å². The number of piperazine rings is 1. The Bertz CT molecular complexity index is 432. The van der Waals surface area contributed by atoms with Crippen LogP contribution in [0.15, 0.2) is 30.3 Å². The third kappa shape index (κ3) is 4.80. The Labute approximate surface area is 134 Å². The maximum atomic E-state index is 9.38. The molecule has 1 N–H and O–H groups in total. The van der Waals surface area contributed by atoms with Gasteiger partial charge in [0.25, 0.3) is 0 Å². The number of aliphatic hydroxyl groups is 1. The third-order valence-electron chi connectivity index (χ3n) is 5.12. The van der Waals surface area contributed by atoms with Crippen LogP contribution in [0.3, 0.4) is 0 Å². The highest BCUT2D eigenvalue weighted by Crippen LogP contribution is 2.30. The van der Waals surface area contributed by atoms with Gasteiger partial charge in [0.1, 0.15) is 0 Å². The maximum absolute atomic E-state index is 9.38. The number of hydrogen-bond acceptors (Lipinski definition) is 3. The lowest BCUT2D eigenvalue weighted by atomic mass is 10.1. The number of aryl methyl sites for hydroxylation is 1. The minimum absolute atomic E-state index is 0.317.